The first-order valence-electron chi connectivity index (χ1n) is 5.27. The zero-order chi connectivity index (χ0) is 12.2. The SMILES string of the molecule is CS.Cc1ccccc1.Cc1ccccc1. The van der Waals surface area contributed by atoms with Crippen molar-refractivity contribution < 1.29 is 0 Å². The van der Waals surface area contributed by atoms with Crippen molar-refractivity contribution in [3.8, 4) is 0 Å². The molecule has 0 aliphatic carbocycles. The van der Waals surface area contributed by atoms with Crippen molar-refractivity contribution in [3.63, 3.8) is 0 Å². The van der Waals surface area contributed by atoms with Crippen molar-refractivity contribution in [1.82, 2.24) is 0 Å². The zero-order valence-electron chi connectivity index (χ0n) is 10.2. The van der Waals surface area contributed by atoms with Crippen molar-refractivity contribution in [1.29, 1.82) is 0 Å². The molecule has 0 aliphatic heterocycles. The van der Waals surface area contributed by atoms with Crippen LogP contribution in [0.5, 0.6) is 0 Å². The van der Waals surface area contributed by atoms with E-state index in [0.29, 0.717) is 0 Å². The Labute approximate surface area is 105 Å². The molecule has 0 saturated carbocycles. The van der Waals surface area contributed by atoms with Gasteiger partial charge in [-0.2, -0.15) is 12.6 Å². The van der Waals surface area contributed by atoms with Gasteiger partial charge >= 0.3 is 0 Å². The third-order valence-electron chi connectivity index (χ3n) is 1.88. The number of hydrogen-bond donors (Lipinski definition) is 1. The average molecular weight is 232 g/mol. The van der Waals surface area contributed by atoms with Gasteiger partial charge in [0.2, 0.25) is 0 Å². The fourth-order valence-electron chi connectivity index (χ4n) is 1.07. The van der Waals surface area contributed by atoms with E-state index >= 15 is 0 Å². The van der Waals surface area contributed by atoms with Crippen LogP contribution in [0.15, 0.2) is 60.7 Å². The van der Waals surface area contributed by atoms with Crippen LogP contribution < -0.4 is 0 Å². The standard InChI is InChI=1S/2C7H8.CH4S/c2*1-7-5-3-2-4-6-7;1-2/h2*2-6H,1H3;2H,1H3. The highest BCUT2D eigenvalue weighted by molar-refractivity contribution is 7.79. The second-order valence-corrected chi connectivity index (χ2v) is 3.31. The van der Waals surface area contributed by atoms with Gasteiger partial charge in [-0.1, -0.05) is 71.8 Å². The van der Waals surface area contributed by atoms with Crippen LogP contribution in [0.25, 0.3) is 0 Å². The lowest BCUT2D eigenvalue weighted by Crippen LogP contribution is -1.62. The minimum Gasteiger partial charge on any atom is -0.183 e. The maximum Gasteiger partial charge on any atom is -0.0215 e. The predicted octanol–water partition coefficient (Wildman–Crippen LogP) is 4.54. The molecule has 0 spiro atoms. The van der Waals surface area contributed by atoms with Gasteiger partial charge in [0, 0.05) is 0 Å². The smallest absolute Gasteiger partial charge is 0.0215 e. The summed E-state index contributed by atoms with van der Waals surface area (Å²) >= 11 is 3.53. The molecule has 1 heteroatoms. The van der Waals surface area contributed by atoms with E-state index in [0.717, 1.165) is 0 Å². The van der Waals surface area contributed by atoms with Gasteiger partial charge in [-0.3, -0.25) is 0 Å². The monoisotopic (exact) mass is 232 g/mol. The van der Waals surface area contributed by atoms with Crippen molar-refractivity contribution in [2.24, 2.45) is 0 Å². The third kappa shape index (κ3) is 8.13. The Morgan fingerprint density at radius 3 is 0.938 bits per heavy atom. The lowest BCUT2D eigenvalue weighted by Gasteiger charge is -1.82. The Morgan fingerprint density at radius 2 is 0.812 bits per heavy atom. The summed E-state index contributed by atoms with van der Waals surface area (Å²) in [6, 6.07) is 20.5. The van der Waals surface area contributed by atoms with E-state index in [2.05, 4.69) is 50.7 Å². The molecule has 2 aromatic rings. The normalized spacial score (nSPS) is 8.00. The highest BCUT2D eigenvalue weighted by atomic mass is 32.1. The molecule has 0 heterocycles. The first-order chi connectivity index (χ1) is 7.79. The molecule has 0 nitrogen and oxygen atoms in total. The van der Waals surface area contributed by atoms with E-state index in [1.807, 2.05) is 36.4 Å². The van der Waals surface area contributed by atoms with Crippen LogP contribution in [0.4, 0.5) is 0 Å². The molecule has 86 valence electrons. The molecule has 0 unspecified atom stereocenters. The second-order valence-electron chi connectivity index (χ2n) is 3.31. The van der Waals surface area contributed by atoms with E-state index < -0.39 is 0 Å². The molecular weight excluding hydrogens is 212 g/mol. The van der Waals surface area contributed by atoms with Crippen molar-refractivity contribution >= 4 is 12.6 Å². The Kier molecular flexibility index (Phi) is 9.53. The van der Waals surface area contributed by atoms with Gasteiger partial charge in [0.1, 0.15) is 0 Å². The minimum absolute atomic E-state index is 1.32. The maximum atomic E-state index is 3.53. The fourth-order valence-corrected chi connectivity index (χ4v) is 1.07. The van der Waals surface area contributed by atoms with Gasteiger partial charge in [-0.25, -0.2) is 0 Å². The van der Waals surface area contributed by atoms with Crippen LogP contribution in [0, 0.1) is 13.8 Å². The van der Waals surface area contributed by atoms with E-state index in [-0.39, 0.29) is 0 Å². The van der Waals surface area contributed by atoms with Crippen LogP contribution in [0.2, 0.25) is 0 Å². The Hall–Kier alpha value is -1.21. The molecule has 0 amide bonds. The van der Waals surface area contributed by atoms with Crippen LogP contribution in [-0.2, 0) is 0 Å². The summed E-state index contributed by atoms with van der Waals surface area (Å²) in [4.78, 5) is 0. The van der Waals surface area contributed by atoms with E-state index in [4.69, 9.17) is 0 Å². The lowest BCUT2D eigenvalue weighted by molar-refractivity contribution is 1.48. The van der Waals surface area contributed by atoms with Crippen LogP contribution in [0.3, 0.4) is 0 Å². The Bertz CT molecular complexity index is 303. The summed E-state index contributed by atoms with van der Waals surface area (Å²) in [6.07, 6.45) is 1.69. The molecule has 0 bridgehead atoms. The van der Waals surface area contributed by atoms with Gasteiger partial charge in [-0.05, 0) is 20.1 Å². The number of rotatable bonds is 0. The first-order valence-corrected chi connectivity index (χ1v) is 6.16. The fraction of sp³-hybridized carbons (Fsp3) is 0.200. The molecule has 0 saturated heterocycles. The minimum atomic E-state index is 1.32. The van der Waals surface area contributed by atoms with Gasteiger partial charge in [0.05, 0.1) is 0 Å². The molecule has 0 aromatic heterocycles. The van der Waals surface area contributed by atoms with Crippen molar-refractivity contribution in [2.75, 3.05) is 6.26 Å². The van der Waals surface area contributed by atoms with E-state index in [9.17, 15) is 0 Å². The molecule has 0 aliphatic rings. The molecule has 0 radical (unpaired) electrons. The third-order valence-corrected chi connectivity index (χ3v) is 1.88. The Morgan fingerprint density at radius 1 is 0.562 bits per heavy atom. The lowest BCUT2D eigenvalue weighted by atomic mass is 10.2. The van der Waals surface area contributed by atoms with Crippen LogP contribution in [-0.4, -0.2) is 6.26 Å². The summed E-state index contributed by atoms with van der Waals surface area (Å²) in [5.74, 6) is 0. The maximum absolute atomic E-state index is 3.53. The average Bonchev–Trinajstić information content (AvgIpc) is 2.34. The predicted molar refractivity (Wildman–Crippen MR) is 77.3 cm³/mol. The molecule has 0 atom stereocenters. The molecule has 2 rings (SSSR count). The summed E-state index contributed by atoms with van der Waals surface area (Å²) in [6.45, 7) is 4.17. The van der Waals surface area contributed by atoms with Crippen molar-refractivity contribution in [3.05, 3.63) is 71.8 Å². The quantitative estimate of drug-likeness (QED) is 0.634. The van der Waals surface area contributed by atoms with Crippen molar-refractivity contribution in [2.45, 2.75) is 13.8 Å². The number of hydrogen-bond acceptors (Lipinski definition) is 1. The molecule has 0 N–H and O–H groups in total. The second kappa shape index (κ2) is 10.3. The number of aryl methyl sites for hydroxylation is 2. The summed E-state index contributed by atoms with van der Waals surface area (Å²) in [5.41, 5.74) is 2.64. The summed E-state index contributed by atoms with van der Waals surface area (Å²) in [5, 5.41) is 0. The Balaban J connectivity index is 0.000000244. The molecule has 2 aromatic carbocycles. The number of thiol groups is 1. The largest absolute Gasteiger partial charge is 0.183 e. The van der Waals surface area contributed by atoms with Gasteiger partial charge in [0.15, 0.2) is 0 Å². The first kappa shape index (κ1) is 14.8. The number of benzene rings is 2. The topological polar surface area (TPSA) is 0 Å². The molecular formula is C15H20S. The van der Waals surface area contributed by atoms with Crippen LogP contribution in [0.1, 0.15) is 11.1 Å². The highest BCUT2D eigenvalue weighted by Gasteiger charge is 1.72. The molecule has 0 fully saturated rings. The molecule has 16 heavy (non-hydrogen) atoms. The van der Waals surface area contributed by atoms with Gasteiger partial charge in [-0.15, -0.1) is 0 Å². The van der Waals surface area contributed by atoms with E-state index in [1.165, 1.54) is 11.1 Å². The van der Waals surface area contributed by atoms with Gasteiger partial charge in [0.25, 0.3) is 0 Å². The van der Waals surface area contributed by atoms with Crippen LogP contribution >= 0.6 is 12.6 Å². The zero-order valence-corrected chi connectivity index (χ0v) is 11.1. The highest BCUT2D eigenvalue weighted by Crippen LogP contribution is 1.92. The summed E-state index contributed by atoms with van der Waals surface area (Å²) < 4.78 is 0. The summed E-state index contributed by atoms with van der Waals surface area (Å²) in [7, 11) is 0. The van der Waals surface area contributed by atoms with Gasteiger partial charge < -0.3 is 0 Å². The van der Waals surface area contributed by atoms with E-state index in [1.54, 1.807) is 6.26 Å².